The SMILES string of the molecule is COC(=O)c1ccc(NC(=O)c2cccc(C)c2C)s1. The molecule has 0 fully saturated rings. The Balaban J connectivity index is 2.18. The van der Waals surface area contributed by atoms with Gasteiger partial charge in [0.25, 0.3) is 5.91 Å². The summed E-state index contributed by atoms with van der Waals surface area (Å²) in [5, 5.41) is 3.42. The van der Waals surface area contributed by atoms with Crippen molar-refractivity contribution in [2.24, 2.45) is 0 Å². The van der Waals surface area contributed by atoms with Gasteiger partial charge in [0.05, 0.1) is 12.1 Å². The molecule has 0 atom stereocenters. The summed E-state index contributed by atoms with van der Waals surface area (Å²) in [5.74, 6) is -0.577. The van der Waals surface area contributed by atoms with E-state index in [1.165, 1.54) is 18.4 Å². The maximum atomic E-state index is 12.2. The maximum absolute atomic E-state index is 12.2. The third kappa shape index (κ3) is 2.88. The van der Waals surface area contributed by atoms with Gasteiger partial charge in [-0.1, -0.05) is 12.1 Å². The Kier molecular flexibility index (Phi) is 4.20. The molecule has 20 heavy (non-hydrogen) atoms. The van der Waals surface area contributed by atoms with E-state index in [2.05, 4.69) is 10.1 Å². The highest BCUT2D eigenvalue weighted by atomic mass is 32.1. The minimum absolute atomic E-state index is 0.176. The van der Waals surface area contributed by atoms with Crippen molar-refractivity contribution < 1.29 is 14.3 Å². The second kappa shape index (κ2) is 5.88. The molecule has 0 spiro atoms. The van der Waals surface area contributed by atoms with Crippen molar-refractivity contribution in [1.82, 2.24) is 0 Å². The van der Waals surface area contributed by atoms with Crippen molar-refractivity contribution in [3.8, 4) is 0 Å². The highest BCUT2D eigenvalue weighted by Gasteiger charge is 2.13. The van der Waals surface area contributed by atoms with E-state index in [1.54, 1.807) is 18.2 Å². The van der Waals surface area contributed by atoms with Crippen molar-refractivity contribution >= 4 is 28.2 Å². The second-order valence-electron chi connectivity index (χ2n) is 4.36. The molecular weight excluding hydrogens is 274 g/mol. The molecule has 5 heteroatoms. The molecular formula is C15H15NO3S. The number of methoxy groups -OCH3 is 1. The van der Waals surface area contributed by atoms with Gasteiger partial charge in [-0.25, -0.2) is 4.79 Å². The number of carbonyl (C=O) groups excluding carboxylic acids is 2. The van der Waals surface area contributed by atoms with E-state index in [4.69, 9.17) is 0 Å². The van der Waals surface area contributed by atoms with Crippen molar-refractivity contribution in [2.45, 2.75) is 13.8 Å². The van der Waals surface area contributed by atoms with Crippen LogP contribution in [0.25, 0.3) is 0 Å². The zero-order valence-electron chi connectivity index (χ0n) is 11.5. The lowest BCUT2D eigenvalue weighted by Crippen LogP contribution is -2.12. The summed E-state index contributed by atoms with van der Waals surface area (Å²) >= 11 is 1.19. The van der Waals surface area contributed by atoms with Crippen LogP contribution in [0, 0.1) is 13.8 Å². The van der Waals surface area contributed by atoms with Gasteiger partial charge in [0.1, 0.15) is 4.88 Å². The molecule has 0 bridgehead atoms. The van der Waals surface area contributed by atoms with Crippen LogP contribution < -0.4 is 5.32 Å². The van der Waals surface area contributed by atoms with Gasteiger partial charge in [-0.3, -0.25) is 4.79 Å². The van der Waals surface area contributed by atoms with E-state index in [9.17, 15) is 9.59 Å². The molecule has 0 unspecified atom stereocenters. The first-order valence-electron chi connectivity index (χ1n) is 6.08. The zero-order valence-corrected chi connectivity index (χ0v) is 12.3. The Hall–Kier alpha value is -2.14. The number of nitrogens with one attached hydrogen (secondary N) is 1. The molecule has 1 aromatic carbocycles. The summed E-state index contributed by atoms with van der Waals surface area (Å²) in [6, 6.07) is 8.93. The largest absolute Gasteiger partial charge is 0.465 e. The van der Waals surface area contributed by atoms with Gasteiger partial charge in [0, 0.05) is 5.56 Å². The van der Waals surface area contributed by atoms with E-state index < -0.39 is 5.97 Å². The van der Waals surface area contributed by atoms with Crippen molar-refractivity contribution in [2.75, 3.05) is 12.4 Å². The molecule has 104 valence electrons. The Labute approximate surface area is 121 Å². The predicted octanol–water partition coefficient (Wildman–Crippen LogP) is 3.40. The number of rotatable bonds is 3. The molecule has 2 rings (SSSR count). The highest BCUT2D eigenvalue weighted by molar-refractivity contribution is 7.18. The molecule has 0 aliphatic carbocycles. The third-order valence-electron chi connectivity index (χ3n) is 3.08. The fourth-order valence-corrected chi connectivity index (χ4v) is 2.61. The molecule has 2 aromatic rings. The maximum Gasteiger partial charge on any atom is 0.348 e. The van der Waals surface area contributed by atoms with Crippen molar-refractivity contribution in [3.05, 3.63) is 51.9 Å². The molecule has 4 nitrogen and oxygen atoms in total. The fourth-order valence-electron chi connectivity index (χ4n) is 1.79. The van der Waals surface area contributed by atoms with Gasteiger partial charge in [0.2, 0.25) is 0 Å². The number of thiophene rings is 1. The molecule has 0 aliphatic heterocycles. The summed E-state index contributed by atoms with van der Waals surface area (Å²) in [6.07, 6.45) is 0. The van der Waals surface area contributed by atoms with E-state index in [0.29, 0.717) is 15.4 Å². The van der Waals surface area contributed by atoms with Crippen LogP contribution >= 0.6 is 11.3 Å². The summed E-state index contributed by atoms with van der Waals surface area (Å²) in [4.78, 5) is 24.0. The molecule has 1 amide bonds. The van der Waals surface area contributed by atoms with E-state index >= 15 is 0 Å². The number of benzene rings is 1. The average molecular weight is 289 g/mol. The van der Waals surface area contributed by atoms with Gasteiger partial charge in [-0.05, 0) is 43.2 Å². The van der Waals surface area contributed by atoms with Crippen LogP contribution in [0.5, 0.6) is 0 Å². The number of esters is 1. The van der Waals surface area contributed by atoms with Crippen LogP contribution in [0.15, 0.2) is 30.3 Å². The lowest BCUT2D eigenvalue weighted by molar-refractivity contribution is 0.0606. The predicted molar refractivity (Wildman–Crippen MR) is 79.5 cm³/mol. The normalized spacial score (nSPS) is 10.2. The smallest absolute Gasteiger partial charge is 0.348 e. The topological polar surface area (TPSA) is 55.4 Å². The molecule has 0 radical (unpaired) electrons. The zero-order chi connectivity index (χ0) is 14.7. The first-order chi connectivity index (χ1) is 9.52. The lowest BCUT2D eigenvalue weighted by atomic mass is 10.0. The number of carbonyl (C=O) groups is 2. The fraction of sp³-hybridized carbons (Fsp3) is 0.200. The van der Waals surface area contributed by atoms with Crippen LogP contribution in [0.1, 0.15) is 31.2 Å². The second-order valence-corrected chi connectivity index (χ2v) is 5.44. The summed E-state index contributed by atoms with van der Waals surface area (Å²) < 4.78 is 4.63. The van der Waals surface area contributed by atoms with E-state index in [-0.39, 0.29) is 5.91 Å². The first-order valence-corrected chi connectivity index (χ1v) is 6.90. The Morgan fingerprint density at radius 3 is 2.60 bits per heavy atom. The number of hydrogen-bond donors (Lipinski definition) is 1. The van der Waals surface area contributed by atoms with Crippen LogP contribution in [-0.2, 0) is 4.74 Å². The number of amides is 1. The van der Waals surface area contributed by atoms with Crippen LogP contribution in [0.4, 0.5) is 5.00 Å². The molecule has 0 aliphatic rings. The minimum atomic E-state index is -0.401. The number of aryl methyl sites for hydroxylation is 1. The molecule has 1 heterocycles. The summed E-state index contributed by atoms with van der Waals surface area (Å²) in [5.41, 5.74) is 2.66. The number of hydrogen-bond acceptors (Lipinski definition) is 4. The van der Waals surface area contributed by atoms with E-state index in [0.717, 1.165) is 11.1 Å². The van der Waals surface area contributed by atoms with Gasteiger partial charge in [-0.15, -0.1) is 11.3 Å². The Bertz CT molecular complexity index is 661. The van der Waals surface area contributed by atoms with Crippen LogP contribution in [-0.4, -0.2) is 19.0 Å². The monoisotopic (exact) mass is 289 g/mol. The minimum Gasteiger partial charge on any atom is -0.465 e. The average Bonchev–Trinajstić information content (AvgIpc) is 2.89. The lowest BCUT2D eigenvalue weighted by Gasteiger charge is -2.08. The van der Waals surface area contributed by atoms with Gasteiger partial charge < -0.3 is 10.1 Å². The van der Waals surface area contributed by atoms with Crippen molar-refractivity contribution in [1.29, 1.82) is 0 Å². The first kappa shape index (κ1) is 14.3. The molecule has 1 N–H and O–H groups in total. The van der Waals surface area contributed by atoms with Gasteiger partial charge >= 0.3 is 5.97 Å². The third-order valence-corrected chi connectivity index (χ3v) is 4.06. The molecule has 0 saturated heterocycles. The number of anilines is 1. The Morgan fingerprint density at radius 1 is 1.15 bits per heavy atom. The number of ether oxygens (including phenoxy) is 1. The standard InChI is InChI=1S/C15H15NO3S/c1-9-5-4-6-11(10(9)2)14(17)16-13-8-7-12(20-13)15(18)19-3/h4-8H,1-3H3,(H,16,17). The van der Waals surface area contributed by atoms with Gasteiger partial charge in [-0.2, -0.15) is 0 Å². The quantitative estimate of drug-likeness (QED) is 0.881. The van der Waals surface area contributed by atoms with E-state index in [1.807, 2.05) is 26.0 Å². The molecule has 1 aromatic heterocycles. The Morgan fingerprint density at radius 2 is 1.90 bits per heavy atom. The highest BCUT2D eigenvalue weighted by Crippen LogP contribution is 2.24. The van der Waals surface area contributed by atoms with Crippen LogP contribution in [0.2, 0.25) is 0 Å². The summed E-state index contributed by atoms with van der Waals surface area (Å²) in [7, 11) is 1.33. The van der Waals surface area contributed by atoms with Gasteiger partial charge in [0.15, 0.2) is 0 Å². The van der Waals surface area contributed by atoms with Crippen molar-refractivity contribution in [3.63, 3.8) is 0 Å². The van der Waals surface area contributed by atoms with Crippen LogP contribution in [0.3, 0.4) is 0 Å². The summed E-state index contributed by atoms with van der Waals surface area (Å²) in [6.45, 7) is 3.88. The molecule has 0 saturated carbocycles.